The second-order valence-corrected chi connectivity index (χ2v) is 6.31. The molecule has 0 aromatic carbocycles. The summed E-state index contributed by atoms with van der Waals surface area (Å²) >= 11 is 1.66. The van der Waals surface area contributed by atoms with Gasteiger partial charge in [-0.15, -0.1) is 11.3 Å². The van der Waals surface area contributed by atoms with Crippen molar-refractivity contribution < 1.29 is 13.2 Å². The third-order valence-electron chi connectivity index (χ3n) is 3.65. The van der Waals surface area contributed by atoms with E-state index in [1.54, 1.807) is 11.3 Å². The maximum atomic E-state index is 12.5. The second-order valence-electron chi connectivity index (χ2n) is 5.11. The average molecular weight is 306 g/mol. The first-order valence-corrected chi connectivity index (χ1v) is 7.91. The van der Waals surface area contributed by atoms with Gasteiger partial charge in [0, 0.05) is 48.4 Å². The Morgan fingerprint density at radius 3 is 2.55 bits per heavy atom. The molecule has 0 radical (unpaired) electrons. The molecule has 2 rings (SSSR count). The quantitative estimate of drug-likeness (QED) is 0.894. The van der Waals surface area contributed by atoms with Crippen molar-refractivity contribution in [2.24, 2.45) is 0 Å². The molecule has 2 heterocycles. The molecule has 1 aromatic rings. The van der Waals surface area contributed by atoms with Crippen LogP contribution >= 0.6 is 11.3 Å². The van der Waals surface area contributed by atoms with Crippen molar-refractivity contribution in [2.75, 3.05) is 26.2 Å². The Bertz CT molecular complexity index is 411. The summed E-state index contributed by atoms with van der Waals surface area (Å²) in [6, 6.07) is 3.96. The number of rotatable bonds is 5. The zero-order valence-corrected chi connectivity index (χ0v) is 12.5. The number of hydrogen-bond donors (Lipinski definition) is 1. The molecule has 0 saturated carbocycles. The third-order valence-corrected chi connectivity index (χ3v) is 4.98. The van der Waals surface area contributed by atoms with E-state index in [1.165, 1.54) is 4.88 Å². The van der Waals surface area contributed by atoms with Crippen molar-refractivity contribution in [3.8, 4) is 0 Å². The van der Waals surface area contributed by atoms with Gasteiger partial charge < -0.3 is 5.32 Å². The Morgan fingerprint density at radius 1 is 1.30 bits per heavy atom. The van der Waals surface area contributed by atoms with Gasteiger partial charge in [0.25, 0.3) is 0 Å². The number of piperazine rings is 1. The van der Waals surface area contributed by atoms with Crippen LogP contribution in [-0.4, -0.2) is 37.3 Å². The van der Waals surface area contributed by atoms with E-state index in [2.05, 4.69) is 17.1 Å². The fourth-order valence-electron chi connectivity index (χ4n) is 2.56. The zero-order valence-electron chi connectivity index (χ0n) is 11.7. The number of halogens is 3. The van der Waals surface area contributed by atoms with E-state index in [1.807, 2.05) is 12.1 Å². The minimum absolute atomic E-state index is 0.0935. The lowest BCUT2D eigenvalue weighted by atomic mass is 10.1. The van der Waals surface area contributed by atoms with Gasteiger partial charge in [0.15, 0.2) is 0 Å². The van der Waals surface area contributed by atoms with Gasteiger partial charge in [-0.25, -0.2) is 0 Å². The van der Waals surface area contributed by atoms with Crippen molar-refractivity contribution in [1.29, 1.82) is 0 Å². The zero-order chi connectivity index (χ0) is 14.6. The first-order chi connectivity index (χ1) is 9.49. The summed E-state index contributed by atoms with van der Waals surface area (Å²) in [6.45, 7) is 5.43. The predicted octanol–water partition coefficient (Wildman–Crippen LogP) is 3.60. The number of alkyl halides is 3. The Hall–Kier alpha value is -0.590. The fourth-order valence-corrected chi connectivity index (χ4v) is 3.68. The summed E-state index contributed by atoms with van der Waals surface area (Å²) in [7, 11) is 0. The maximum absolute atomic E-state index is 12.5. The lowest BCUT2D eigenvalue weighted by Gasteiger charge is -2.34. The van der Waals surface area contributed by atoms with Crippen LogP contribution in [0.25, 0.3) is 0 Å². The fraction of sp³-hybridized carbons (Fsp3) is 0.714. The molecule has 1 fully saturated rings. The summed E-state index contributed by atoms with van der Waals surface area (Å²) in [5, 5.41) is 3.25. The molecular weight excluding hydrogens is 285 g/mol. The number of nitrogens with one attached hydrogen (secondary N) is 1. The second kappa shape index (κ2) is 6.91. The van der Waals surface area contributed by atoms with E-state index in [9.17, 15) is 13.2 Å². The van der Waals surface area contributed by atoms with Crippen molar-refractivity contribution >= 4 is 11.3 Å². The molecule has 0 bridgehead atoms. The van der Waals surface area contributed by atoms with Crippen LogP contribution in [0, 0.1) is 0 Å². The molecule has 114 valence electrons. The van der Waals surface area contributed by atoms with Crippen LogP contribution in [0.2, 0.25) is 0 Å². The Labute approximate surface area is 122 Å². The maximum Gasteiger partial charge on any atom is 0.389 e. The van der Waals surface area contributed by atoms with Gasteiger partial charge in [0.05, 0.1) is 0 Å². The van der Waals surface area contributed by atoms with Crippen LogP contribution in [0.5, 0.6) is 0 Å². The van der Waals surface area contributed by atoms with Gasteiger partial charge in [0.1, 0.15) is 0 Å². The molecular formula is C14H21F3N2S. The van der Waals surface area contributed by atoms with Crippen LogP contribution < -0.4 is 5.32 Å². The first kappa shape index (κ1) is 15.8. The Morgan fingerprint density at radius 2 is 2.00 bits per heavy atom. The molecule has 1 atom stereocenters. The van der Waals surface area contributed by atoms with Crippen molar-refractivity contribution in [3.63, 3.8) is 0 Å². The van der Waals surface area contributed by atoms with Crippen LogP contribution in [0.4, 0.5) is 13.2 Å². The van der Waals surface area contributed by atoms with E-state index in [0.29, 0.717) is 0 Å². The SMILES string of the molecule is CCc1ccc([C@@H](CCC(F)(F)F)N2CCNCC2)s1. The monoisotopic (exact) mass is 306 g/mol. The van der Waals surface area contributed by atoms with Gasteiger partial charge in [-0.3, -0.25) is 4.90 Å². The number of nitrogens with zero attached hydrogens (tertiary/aromatic N) is 1. The highest BCUT2D eigenvalue weighted by atomic mass is 32.1. The smallest absolute Gasteiger partial charge is 0.314 e. The van der Waals surface area contributed by atoms with Crippen molar-refractivity contribution in [3.05, 3.63) is 21.9 Å². The minimum atomic E-state index is -4.07. The molecule has 0 amide bonds. The average Bonchev–Trinajstić information content (AvgIpc) is 2.88. The van der Waals surface area contributed by atoms with Gasteiger partial charge >= 0.3 is 6.18 Å². The summed E-state index contributed by atoms with van der Waals surface area (Å²) in [5.74, 6) is 0. The number of hydrogen-bond acceptors (Lipinski definition) is 3. The van der Waals surface area contributed by atoms with Crippen molar-refractivity contribution in [1.82, 2.24) is 10.2 Å². The Kier molecular flexibility index (Phi) is 5.46. The lowest BCUT2D eigenvalue weighted by molar-refractivity contribution is -0.138. The van der Waals surface area contributed by atoms with E-state index < -0.39 is 12.6 Å². The van der Waals surface area contributed by atoms with E-state index in [0.717, 1.165) is 37.5 Å². The first-order valence-electron chi connectivity index (χ1n) is 7.09. The van der Waals surface area contributed by atoms with Crippen LogP contribution in [0.15, 0.2) is 12.1 Å². The molecule has 20 heavy (non-hydrogen) atoms. The molecule has 6 heteroatoms. The summed E-state index contributed by atoms with van der Waals surface area (Å²) in [6.07, 6.45) is -3.68. The minimum Gasteiger partial charge on any atom is -0.314 e. The number of thiophene rings is 1. The normalized spacial score (nSPS) is 19.2. The molecule has 0 unspecified atom stereocenters. The molecule has 1 aliphatic rings. The highest BCUT2D eigenvalue weighted by Gasteiger charge is 2.31. The topological polar surface area (TPSA) is 15.3 Å². The third kappa shape index (κ3) is 4.46. The van der Waals surface area contributed by atoms with Gasteiger partial charge in [-0.05, 0) is 25.0 Å². The van der Waals surface area contributed by atoms with E-state index in [4.69, 9.17) is 0 Å². The van der Waals surface area contributed by atoms with E-state index in [-0.39, 0.29) is 12.5 Å². The van der Waals surface area contributed by atoms with Crippen LogP contribution in [0.3, 0.4) is 0 Å². The van der Waals surface area contributed by atoms with Gasteiger partial charge in [0.2, 0.25) is 0 Å². The number of aryl methyl sites for hydroxylation is 1. The highest BCUT2D eigenvalue weighted by molar-refractivity contribution is 7.12. The molecule has 1 saturated heterocycles. The van der Waals surface area contributed by atoms with Crippen LogP contribution in [0.1, 0.15) is 35.6 Å². The van der Waals surface area contributed by atoms with E-state index >= 15 is 0 Å². The largest absolute Gasteiger partial charge is 0.389 e. The van der Waals surface area contributed by atoms with Gasteiger partial charge in [-0.2, -0.15) is 13.2 Å². The predicted molar refractivity (Wildman–Crippen MR) is 76.2 cm³/mol. The summed E-state index contributed by atoms with van der Waals surface area (Å²) < 4.78 is 37.6. The lowest BCUT2D eigenvalue weighted by Crippen LogP contribution is -2.45. The summed E-state index contributed by atoms with van der Waals surface area (Å²) in [4.78, 5) is 4.51. The molecule has 0 aliphatic carbocycles. The standard InChI is InChI=1S/C14H21F3N2S/c1-2-11-3-4-13(20-11)12(5-6-14(15,16)17)19-9-7-18-8-10-19/h3-4,12,18H,2,5-10H2,1H3/t12-/m1/s1. The molecule has 1 aliphatic heterocycles. The molecule has 1 aromatic heterocycles. The van der Waals surface area contributed by atoms with Crippen LogP contribution in [-0.2, 0) is 6.42 Å². The molecule has 2 nitrogen and oxygen atoms in total. The van der Waals surface area contributed by atoms with Crippen molar-refractivity contribution in [2.45, 2.75) is 38.4 Å². The highest BCUT2D eigenvalue weighted by Crippen LogP contribution is 2.35. The molecule has 1 N–H and O–H groups in total. The van der Waals surface area contributed by atoms with Gasteiger partial charge in [-0.1, -0.05) is 6.92 Å². The summed E-state index contributed by atoms with van der Waals surface area (Å²) in [5.41, 5.74) is 0. The Balaban J connectivity index is 2.09. The molecule has 0 spiro atoms.